The second-order valence-corrected chi connectivity index (χ2v) is 5.66. The van der Waals surface area contributed by atoms with E-state index in [4.69, 9.17) is 0 Å². The fourth-order valence-corrected chi connectivity index (χ4v) is 2.63. The largest absolute Gasteiger partial charge is 0.393 e. The van der Waals surface area contributed by atoms with Gasteiger partial charge in [0.25, 0.3) is 0 Å². The van der Waals surface area contributed by atoms with E-state index in [1.807, 2.05) is 19.2 Å². The molecule has 1 aromatic heterocycles. The Kier molecular flexibility index (Phi) is 3.84. The van der Waals surface area contributed by atoms with Crippen molar-refractivity contribution in [2.75, 3.05) is 18.5 Å². The Labute approximate surface area is 123 Å². The Balaban J connectivity index is 1.67. The smallest absolute Gasteiger partial charge is 0.151 e. The molecule has 0 bridgehead atoms. The summed E-state index contributed by atoms with van der Waals surface area (Å²) in [5, 5.41) is 17.7. The molecule has 1 saturated carbocycles. The Morgan fingerprint density at radius 1 is 1.14 bits per heavy atom. The van der Waals surface area contributed by atoms with Crippen molar-refractivity contribution in [3.63, 3.8) is 0 Å². The van der Waals surface area contributed by atoms with E-state index >= 15 is 0 Å². The topological polar surface area (TPSA) is 49.2 Å². The van der Waals surface area contributed by atoms with E-state index in [2.05, 4.69) is 15.1 Å². The van der Waals surface area contributed by atoms with Gasteiger partial charge in [0.1, 0.15) is 5.82 Å². The zero-order valence-corrected chi connectivity index (χ0v) is 11.9. The second-order valence-electron chi connectivity index (χ2n) is 5.66. The molecule has 0 unspecified atom stereocenters. The zero-order chi connectivity index (χ0) is 14.8. The maximum Gasteiger partial charge on any atom is 0.151 e. The van der Waals surface area contributed by atoms with E-state index in [0.29, 0.717) is 5.92 Å². The number of aromatic nitrogens is 2. The lowest BCUT2D eigenvalue weighted by Crippen LogP contribution is -2.37. The van der Waals surface area contributed by atoms with Gasteiger partial charge in [-0.1, -0.05) is 0 Å². The van der Waals surface area contributed by atoms with Gasteiger partial charge in [-0.3, -0.25) is 0 Å². The van der Waals surface area contributed by atoms with Crippen LogP contribution in [0.25, 0.3) is 11.3 Å². The zero-order valence-electron chi connectivity index (χ0n) is 11.9. The monoisotopic (exact) mass is 287 g/mol. The highest BCUT2D eigenvalue weighted by atomic mass is 19.1. The third kappa shape index (κ3) is 3.19. The summed E-state index contributed by atoms with van der Waals surface area (Å²) in [6, 6.07) is 10.0. The summed E-state index contributed by atoms with van der Waals surface area (Å²) in [7, 11) is 1.98. The molecule has 0 atom stereocenters. The van der Waals surface area contributed by atoms with Gasteiger partial charge in [-0.25, -0.2) is 4.39 Å². The van der Waals surface area contributed by atoms with Crippen LogP contribution in [0.3, 0.4) is 0 Å². The molecule has 0 radical (unpaired) electrons. The fourth-order valence-electron chi connectivity index (χ4n) is 2.63. The summed E-state index contributed by atoms with van der Waals surface area (Å²) in [5.74, 6) is 1.08. The van der Waals surface area contributed by atoms with Crippen LogP contribution in [0.4, 0.5) is 10.2 Å². The van der Waals surface area contributed by atoms with Crippen molar-refractivity contribution >= 4 is 5.82 Å². The number of hydrogen-bond acceptors (Lipinski definition) is 4. The molecule has 5 heteroatoms. The number of aliphatic hydroxyl groups excluding tert-OH is 1. The molecule has 1 N–H and O–H groups in total. The number of anilines is 1. The van der Waals surface area contributed by atoms with Crippen LogP contribution in [0.2, 0.25) is 0 Å². The number of benzene rings is 1. The van der Waals surface area contributed by atoms with Crippen molar-refractivity contribution in [1.82, 2.24) is 10.2 Å². The normalized spacial score (nSPS) is 20.9. The molecule has 1 heterocycles. The van der Waals surface area contributed by atoms with Gasteiger partial charge in [-0.05, 0) is 55.2 Å². The first kappa shape index (κ1) is 13.9. The maximum absolute atomic E-state index is 12.9. The third-order valence-electron chi connectivity index (χ3n) is 3.92. The van der Waals surface area contributed by atoms with Gasteiger partial charge in [-0.2, -0.15) is 0 Å². The van der Waals surface area contributed by atoms with Crippen molar-refractivity contribution in [1.29, 1.82) is 0 Å². The fraction of sp³-hybridized carbons (Fsp3) is 0.375. The van der Waals surface area contributed by atoms with E-state index in [-0.39, 0.29) is 11.9 Å². The van der Waals surface area contributed by atoms with Gasteiger partial charge in [-0.15, -0.1) is 10.2 Å². The summed E-state index contributed by atoms with van der Waals surface area (Å²) in [5.41, 5.74) is 1.58. The van der Waals surface area contributed by atoms with Gasteiger partial charge in [0.05, 0.1) is 11.8 Å². The first-order chi connectivity index (χ1) is 10.1. The molecule has 110 valence electrons. The average Bonchev–Trinajstić information content (AvgIpc) is 2.46. The van der Waals surface area contributed by atoms with Crippen LogP contribution in [-0.2, 0) is 0 Å². The predicted molar refractivity (Wildman–Crippen MR) is 79.4 cm³/mol. The number of halogens is 1. The Morgan fingerprint density at radius 3 is 2.43 bits per heavy atom. The van der Waals surface area contributed by atoms with Crippen LogP contribution in [0.15, 0.2) is 36.4 Å². The Hall–Kier alpha value is -2.01. The second kappa shape index (κ2) is 5.77. The number of aliphatic hydroxyl groups is 1. The molecular weight excluding hydrogens is 269 g/mol. The minimum atomic E-state index is -0.259. The van der Waals surface area contributed by atoms with Crippen LogP contribution < -0.4 is 4.90 Å². The highest BCUT2D eigenvalue weighted by Gasteiger charge is 2.28. The molecule has 1 fully saturated rings. The van der Waals surface area contributed by atoms with Gasteiger partial charge < -0.3 is 10.0 Å². The summed E-state index contributed by atoms with van der Waals surface area (Å²) in [4.78, 5) is 2.05. The van der Waals surface area contributed by atoms with Gasteiger partial charge in [0.2, 0.25) is 0 Å². The van der Waals surface area contributed by atoms with E-state index in [0.717, 1.165) is 36.5 Å². The quantitative estimate of drug-likeness (QED) is 0.938. The average molecular weight is 287 g/mol. The van der Waals surface area contributed by atoms with Crippen LogP contribution in [-0.4, -0.2) is 35.0 Å². The molecule has 3 rings (SSSR count). The van der Waals surface area contributed by atoms with E-state index in [9.17, 15) is 9.50 Å². The van der Waals surface area contributed by atoms with Crippen LogP contribution in [0.5, 0.6) is 0 Å². The molecule has 0 aliphatic heterocycles. The van der Waals surface area contributed by atoms with E-state index in [1.54, 1.807) is 12.1 Å². The third-order valence-corrected chi connectivity index (χ3v) is 3.92. The molecule has 4 nitrogen and oxygen atoms in total. The SMILES string of the molecule is CN(CC1CC(O)C1)c1ccc(-c2ccc(F)cc2)nn1. The van der Waals surface area contributed by atoms with Crippen molar-refractivity contribution in [2.24, 2.45) is 5.92 Å². The van der Waals surface area contributed by atoms with Crippen LogP contribution in [0, 0.1) is 11.7 Å². The molecule has 0 amide bonds. The summed E-state index contributed by atoms with van der Waals surface area (Å²) in [6.07, 6.45) is 1.60. The van der Waals surface area contributed by atoms with Crippen LogP contribution >= 0.6 is 0 Å². The molecule has 2 aromatic rings. The lowest BCUT2D eigenvalue weighted by atomic mass is 9.82. The molecule has 0 saturated heterocycles. The number of rotatable bonds is 4. The number of nitrogens with zero attached hydrogens (tertiary/aromatic N) is 3. The lowest BCUT2D eigenvalue weighted by molar-refractivity contribution is 0.0464. The summed E-state index contributed by atoms with van der Waals surface area (Å²) >= 11 is 0. The first-order valence-electron chi connectivity index (χ1n) is 7.10. The molecule has 0 spiro atoms. The molecule has 21 heavy (non-hydrogen) atoms. The molecular formula is C16H18FN3O. The van der Waals surface area contributed by atoms with Crippen molar-refractivity contribution in [3.05, 3.63) is 42.2 Å². The first-order valence-corrected chi connectivity index (χ1v) is 7.10. The molecule has 1 aromatic carbocycles. The van der Waals surface area contributed by atoms with Gasteiger partial charge >= 0.3 is 0 Å². The minimum absolute atomic E-state index is 0.129. The summed E-state index contributed by atoms with van der Waals surface area (Å²) in [6.45, 7) is 0.877. The summed E-state index contributed by atoms with van der Waals surface area (Å²) < 4.78 is 12.9. The highest BCUT2D eigenvalue weighted by molar-refractivity contribution is 5.59. The van der Waals surface area contributed by atoms with Gasteiger partial charge in [0, 0.05) is 19.2 Å². The van der Waals surface area contributed by atoms with Crippen molar-refractivity contribution in [3.8, 4) is 11.3 Å². The minimum Gasteiger partial charge on any atom is -0.393 e. The van der Waals surface area contributed by atoms with Crippen molar-refractivity contribution in [2.45, 2.75) is 18.9 Å². The Bertz CT molecular complexity index is 594. The highest BCUT2D eigenvalue weighted by Crippen LogP contribution is 2.28. The molecule has 1 aliphatic carbocycles. The van der Waals surface area contributed by atoms with Crippen molar-refractivity contribution < 1.29 is 9.50 Å². The lowest BCUT2D eigenvalue weighted by Gasteiger charge is -2.34. The van der Waals surface area contributed by atoms with Gasteiger partial charge in [0.15, 0.2) is 5.82 Å². The standard InChI is InChI=1S/C16H18FN3O/c1-20(10-11-8-14(21)9-11)16-7-6-15(18-19-16)12-2-4-13(17)5-3-12/h2-7,11,14,21H,8-10H2,1H3. The van der Waals surface area contributed by atoms with E-state index < -0.39 is 0 Å². The molecule has 1 aliphatic rings. The number of hydrogen-bond donors (Lipinski definition) is 1. The van der Waals surface area contributed by atoms with Crippen LogP contribution in [0.1, 0.15) is 12.8 Å². The van der Waals surface area contributed by atoms with E-state index in [1.165, 1.54) is 12.1 Å². The Morgan fingerprint density at radius 2 is 1.86 bits per heavy atom. The predicted octanol–water partition coefficient (Wildman–Crippen LogP) is 2.49. The maximum atomic E-state index is 12.9.